The van der Waals surface area contributed by atoms with Gasteiger partial charge in [-0.15, -0.1) is 0 Å². The highest BCUT2D eigenvalue weighted by Gasteiger charge is 2.17. The lowest BCUT2D eigenvalue weighted by Crippen LogP contribution is -2.26. The molecule has 1 heterocycles. The van der Waals surface area contributed by atoms with Gasteiger partial charge in [0.15, 0.2) is 11.5 Å². The number of nitrogens with one attached hydrogen (secondary N) is 3. The van der Waals surface area contributed by atoms with Crippen molar-refractivity contribution >= 4 is 21.4 Å². The van der Waals surface area contributed by atoms with E-state index in [2.05, 4.69) is 15.4 Å². The standard InChI is InChI=1S/C25H29N3O4S/c1-32-24-4-2-3-20(25(24)29)17-27-21-9-11-23(12-10-21)33(30,31)28-22-7-5-18(6-8-22)19-13-15-26-16-14-19/h2-12,19,26-29H,13-17H2,1H3. The molecule has 7 nitrogen and oxygen atoms in total. The zero-order chi connectivity index (χ0) is 23.3. The molecule has 0 radical (unpaired) electrons. The molecule has 4 rings (SSSR count). The minimum absolute atomic E-state index is 0.0852. The Morgan fingerprint density at radius 3 is 2.30 bits per heavy atom. The largest absolute Gasteiger partial charge is 0.504 e. The predicted molar refractivity (Wildman–Crippen MR) is 131 cm³/mol. The molecule has 0 bridgehead atoms. The van der Waals surface area contributed by atoms with Gasteiger partial charge in [0, 0.05) is 23.5 Å². The van der Waals surface area contributed by atoms with E-state index in [1.165, 1.54) is 12.7 Å². The summed E-state index contributed by atoms with van der Waals surface area (Å²) in [5.41, 5.74) is 3.21. The first kappa shape index (κ1) is 22.9. The molecule has 0 atom stereocenters. The molecule has 0 aliphatic carbocycles. The van der Waals surface area contributed by atoms with Crippen LogP contribution in [0, 0.1) is 0 Å². The molecule has 0 unspecified atom stereocenters. The number of ether oxygens (including phenoxy) is 1. The van der Waals surface area contributed by atoms with E-state index in [9.17, 15) is 13.5 Å². The second kappa shape index (κ2) is 10.1. The quantitative estimate of drug-likeness (QED) is 0.395. The van der Waals surface area contributed by atoms with Gasteiger partial charge in [0.25, 0.3) is 10.0 Å². The van der Waals surface area contributed by atoms with Crippen LogP contribution in [0.2, 0.25) is 0 Å². The molecule has 33 heavy (non-hydrogen) atoms. The number of rotatable bonds is 8. The smallest absolute Gasteiger partial charge is 0.261 e. The van der Waals surface area contributed by atoms with Crippen molar-refractivity contribution in [1.82, 2.24) is 5.32 Å². The third-order valence-corrected chi connectivity index (χ3v) is 7.32. The van der Waals surface area contributed by atoms with E-state index in [1.54, 1.807) is 42.5 Å². The van der Waals surface area contributed by atoms with E-state index in [0.29, 0.717) is 29.5 Å². The molecule has 0 saturated carbocycles. The van der Waals surface area contributed by atoms with E-state index in [0.717, 1.165) is 31.6 Å². The van der Waals surface area contributed by atoms with Crippen molar-refractivity contribution in [2.75, 3.05) is 30.2 Å². The zero-order valence-electron chi connectivity index (χ0n) is 18.5. The Balaban J connectivity index is 1.38. The van der Waals surface area contributed by atoms with Crippen LogP contribution < -0.4 is 20.1 Å². The Hall–Kier alpha value is -3.23. The van der Waals surface area contributed by atoms with Crippen molar-refractivity contribution in [2.24, 2.45) is 0 Å². The summed E-state index contributed by atoms with van der Waals surface area (Å²) in [5.74, 6) is 1.02. The molecule has 0 aromatic heterocycles. The summed E-state index contributed by atoms with van der Waals surface area (Å²) in [6.07, 6.45) is 2.20. The second-order valence-corrected chi connectivity index (χ2v) is 9.78. The topological polar surface area (TPSA) is 99.7 Å². The molecule has 1 aliphatic rings. The van der Waals surface area contributed by atoms with Gasteiger partial charge in [-0.1, -0.05) is 24.3 Å². The van der Waals surface area contributed by atoms with Crippen LogP contribution in [-0.4, -0.2) is 33.7 Å². The third-order valence-electron chi connectivity index (χ3n) is 5.92. The van der Waals surface area contributed by atoms with Crippen LogP contribution in [-0.2, 0) is 16.6 Å². The van der Waals surface area contributed by atoms with Crippen LogP contribution >= 0.6 is 0 Å². The van der Waals surface area contributed by atoms with E-state index < -0.39 is 10.0 Å². The summed E-state index contributed by atoms with van der Waals surface area (Å²) < 4.78 is 33.4. The monoisotopic (exact) mass is 467 g/mol. The Bertz CT molecular complexity index is 1170. The molecule has 1 aliphatic heterocycles. The Morgan fingerprint density at radius 2 is 1.64 bits per heavy atom. The van der Waals surface area contributed by atoms with Gasteiger partial charge in [-0.25, -0.2) is 8.42 Å². The maximum atomic E-state index is 12.8. The van der Waals surface area contributed by atoms with Gasteiger partial charge in [0.1, 0.15) is 0 Å². The third kappa shape index (κ3) is 5.58. The molecule has 1 saturated heterocycles. The fourth-order valence-electron chi connectivity index (χ4n) is 4.02. The number of sulfonamides is 1. The highest BCUT2D eigenvalue weighted by atomic mass is 32.2. The molecule has 0 amide bonds. The normalized spacial score (nSPS) is 14.6. The molecule has 1 fully saturated rings. The van der Waals surface area contributed by atoms with Crippen LogP contribution in [0.4, 0.5) is 11.4 Å². The molecule has 174 valence electrons. The van der Waals surface area contributed by atoms with E-state index in [4.69, 9.17) is 4.74 Å². The molecular formula is C25H29N3O4S. The minimum Gasteiger partial charge on any atom is -0.504 e. The number of phenolic OH excluding ortho intramolecular Hbond substituents is 1. The Kier molecular flexibility index (Phi) is 7.05. The molecule has 4 N–H and O–H groups in total. The Labute approximate surface area is 194 Å². The van der Waals surface area contributed by atoms with Crippen molar-refractivity contribution in [3.8, 4) is 11.5 Å². The summed E-state index contributed by atoms with van der Waals surface area (Å²) in [6.45, 7) is 2.41. The number of piperidine rings is 1. The number of benzene rings is 3. The number of anilines is 2. The maximum Gasteiger partial charge on any atom is 0.261 e. The number of methoxy groups -OCH3 is 1. The number of para-hydroxylation sites is 1. The lowest BCUT2D eigenvalue weighted by Gasteiger charge is -2.23. The van der Waals surface area contributed by atoms with Crippen LogP contribution in [0.5, 0.6) is 11.5 Å². The SMILES string of the molecule is COc1cccc(CNc2ccc(S(=O)(=O)Nc3ccc(C4CCNCC4)cc3)cc2)c1O. The first-order chi connectivity index (χ1) is 16.0. The van der Waals surface area contributed by atoms with Crippen molar-refractivity contribution in [3.63, 3.8) is 0 Å². The van der Waals surface area contributed by atoms with Crippen LogP contribution in [0.1, 0.15) is 29.9 Å². The highest BCUT2D eigenvalue weighted by Crippen LogP contribution is 2.30. The molecule has 3 aromatic carbocycles. The van der Waals surface area contributed by atoms with Crippen molar-refractivity contribution in [1.29, 1.82) is 0 Å². The number of hydrogen-bond acceptors (Lipinski definition) is 6. The van der Waals surface area contributed by atoms with Gasteiger partial charge in [-0.3, -0.25) is 4.72 Å². The summed E-state index contributed by atoms with van der Waals surface area (Å²) in [5, 5.41) is 16.7. The van der Waals surface area contributed by atoms with E-state index >= 15 is 0 Å². The van der Waals surface area contributed by atoms with E-state index in [1.807, 2.05) is 24.3 Å². The molecule has 0 spiro atoms. The predicted octanol–water partition coefficient (Wildman–Crippen LogP) is 4.28. The first-order valence-electron chi connectivity index (χ1n) is 11.0. The number of phenols is 1. The fraction of sp³-hybridized carbons (Fsp3) is 0.280. The lowest BCUT2D eigenvalue weighted by molar-refractivity contribution is 0.371. The number of aromatic hydroxyl groups is 1. The van der Waals surface area contributed by atoms with Crippen LogP contribution in [0.25, 0.3) is 0 Å². The van der Waals surface area contributed by atoms with Gasteiger partial charge in [0.2, 0.25) is 0 Å². The van der Waals surface area contributed by atoms with Gasteiger partial charge in [-0.2, -0.15) is 0 Å². The van der Waals surface area contributed by atoms with Crippen molar-refractivity contribution in [3.05, 3.63) is 77.9 Å². The maximum absolute atomic E-state index is 12.8. The molecule has 3 aromatic rings. The van der Waals surface area contributed by atoms with E-state index in [-0.39, 0.29) is 10.6 Å². The molecule has 8 heteroatoms. The summed E-state index contributed by atoms with van der Waals surface area (Å²) in [7, 11) is -2.19. The van der Waals surface area contributed by atoms with Crippen molar-refractivity contribution in [2.45, 2.75) is 30.2 Å². The van der Waals surface area contributed by atoms with Crippen LogP contribution in [0.15, 0.2) is 71.6 Å². The summed E-state index contributed by atoms with van der Waals surface area (Å²) >= 11 is 0. The van der Waals surface area contributed by atoms with Gasteiger partial charge in [0.05, 0.1) is 12.0 Å². The van der Waals surface area contributed by atoms with Gasteiger partial charge < -0.3 is 20.5 Å². The average Bonchev–Trinajstić information content (AvgIpc) is 2.84. The lowest BCUT2D eigenvalue weighted by atomic mass is 9.90. The second-order valence-electron chi connectivity index (χ2n) is 8.10. The average molecular weight is 468 g/mol. The fourth-order valence-corrected chi connectivity index (χ4v) is 5.08. The van der Waals surface area contributed by atoms with Gasteiger partial charge in [-0.05, 0) is 79.9 Å². The first-order valence-corrected chi connectivity index (χ1v) is 12.5. The van der Waals surface area contributed by atoms with Crippen molar-refractivity contribution < 1.29 is 18.3 Å². The number of hydrogen-bond donors (Lipinski definition) is 4. The zero-order valence-corrected chi connectivity index (χ0v) is 19.4. The highest BCUT2D eigenvalue weighted by molar-refractivity contribution is 7.92. The summed E-state index contributed by atoms with van der Waals surface area (Å²) in [4.78, 5) is 0.180. The minimum atomic E-state index is -3.69. The molecular weight excluding hydrogens is 438 g/mol. The van der Waals surface area contributed by atoms with Gasteiger partial charge >= 0.3 is 0 Å². The Morgan fingerprint density at radius 1 is 0.970 bits per heavy atom. The van der Waals surface area contributed by atoms with Crippen LogP contribution in [0.3, 0.4) is 0 Å². The summed E-state index contributed by atoms with van der Waals surface area (Å²) in [6, 6.07) is 19.5.